The molecule has 1 aromatic rings. The number of likely N-dealkylation sites (tertiary alicyclic amines) is 1. The number of ether oxygens (including phenoxy) is 2. The molecule has 1 amide bonds. The second-order valence-electron chi connectivity index (χ2n) is 6.36. The van der Waals surface area contributed by atoms with Crippen molar-refractivity contribution in [1.29, 1.82) is 5.26 Å². The Kier molecular flexibility index (Phi) is 6.67. The fraction of sp³-hybridized carbons (Fsp3) is 0.500. The van der Waals surface area contributed by atoms with Gasteiger partial charge in [0.15, 0.2) is 11.5 Å². The van der Waals surface area contributed by atoms with Gasteiger partial charge in [-0.05, 0) is 18.8 Å². The van der Waals surface area contributed by atoms with Gasteiger partial charge in [0, 0.05) is 39.3 Å². The van der Waals surface area contributed by atoms with Crippen molar-refractivity contribution < 1.29 is 19.4 Å². The SMILES string of the molecule is COc1cc(C#N)c(/N=C/N(C)C)cc1OCC1CCN(C(=O)O)CC1. The zero-order valence-electron chi connectivity index (χ0n) is 15.3. The molecule has 0 aliphatic carbocycles. The molecule has 1 heterocycles. The number of carboxylic acid groups (broad SMARTS) is 1. The lowest BCUT2D eigenvalue weighted by molar-refractivity contribution is 0.111. The minimum absolute atomic E-state index is 0.277. The number of rotatable bonds is 6. The molecule has 1 N–H and O–H groups in total. The van der Waals surface area contributed by atoms with Crippen molar-refractivity contribution in [2.45, 2.75) is 12.8 Å². The number of piperidine rings is 1. The minimum atomic E-state index is -0.874. The number of nitriles is 1. The van der Waals surface area contributed by atoms with Gasteiger partial charge in [-0.15, -0.1) is 0 Å². The van der Waals surface area contributed by atoms with Gasteiger partial charge in [-0.2, -0.15) is 5.26 Å². The van der Waals surface area contributed by atoms with Gasteiger partial charge in [0.25, 0.3) is 0 Å². The van der Waals surface area contributed by atoms with E-state index in [1.165, 1.54) is 12.0 Å². The third-order valence-electron chi connectivity index (χ3n) is 4.19. The second-order valence-corrected chi connectivity index (χ2v) is 6.36. The first kappa shape index (κ1) is 19.4. The van der Waals surface area contributed by atoms with Crippen LogP contribution in [-0.4, -0.2) is 68.2 Å². The average molecular weight is 360 g/mol. The van der Waals surface area contributed by atoms with Gasteiger partial charge in [0.2, 0.25) is 0 Å². The van der Waals surface area contributed by atoms with Crippen LogP contribution in [-0.2, 0) is 0 Å². The van der Waals surface area contributed by atoms with Gasteiger partial charge >= 0.3 is 6.09 Å². The number of amides is 1. The summed E-state index contributed by atoms with van der Waals surface area (Å²) in [5.74, 6) is 1.28. The first-order valence-electron chi connectivity index (χ1n) is 8.38. The van der Waals surface area contributed by atoms with Gasteiger partial charge < -0.3 is 24.4 Å². The molecule has 0 bridgehead atoms. The zero-order valence-corrected chi connectivity index (χ0v) is 15.3. The Labute approximate surface area is 153 Å². The topological polar surface area (TPSA) is 98.4 Å². The van der Waals surface area contributed by atoms with E-state index in [4.69, 9.17) is 14.6 Å². The van der Waals surface area contributed by atoms with E-state index >= 15 is 0 Å². The monoisotopic (exact) mass is 360 g/mol. The highest BCUT2D eigenvalue weighted by Crippen LogP contribution is 2.35. The smallest absolute Gasteiger partial charge is 0.407 e. The summed E-state index contributed by atoms with van der Waals surface area (Å²) in [5.41, 5.74) is 0.916. The molecule has 140 valence electrons. The molecule has 1 aliphatic heterocycles. The standard InChI is InChI=1S/C18H24N4O4/c1-21(2)12-20-15-9-17(16(25-3)8-14(15)10-19)26-11-13-4-6-22(7-5-13)18(23)24/h8-9,12-13H,4-7,11H2,1-3H3,(H,23,24)/b20-12+. The summed E-state index contributed by atoms with van der Waals surface area (Å²) in [6, 6.07) is 5.43. The van der Waals surface area contributed by atoms with E-state index in [2.05, 4.69) is 11.1 Å². The van der Waals surface area contributed by atoms with E-state index in [0.29, 0.717) is 42.4 Å². The van der Waals surface area contributed by atoms with Gasteiger partial charge in [-0.25, -0.2) is 9.79 Å². The molecule has 0 saturated carbocycles. The number of methoxy groups -OCH3 is 1. The van der Waals surface area contributed by atoms with Crippen molar-refractivity contribution >= 4 is 18.1 Å². The average Bonchev–Trinajstić information content (AvgIpc) is 2.64. The Hall–Kier alpha value is -2.95. The van der Waals surface area contributed by atoms with Crippen LogP contribution in [0.1, 0.15) is 18.4 Å². The van der Waals surface area contributed by atoms with Gasteiger partial charge in [0.1, 0.15) is 6.07 Å². The van der Waals surface area contributed by atoms with Crippen LogP contribution < -0.4 is 9.47 Å². The quantitative estimate of drug-likeness (QED) is 0.618. The molecule has 2 rings (SSSR count). The predicted octanol–water partition coefficient (Wildman–Crippen LogP) is 2.56. The van der Waals surface area contributed by atoms with Crippen molar-refractivity contribution in [3.05, 3.63) is 17.7 Å². The van der Waals surface area contributed by atoms with Gasteiger partial charge in [-0.3, -0.25) is 0 Å². The van der Waals surface area contributed by atoms with Crippen molar-refractivity contribution in [2.24, 2.45) is 10.9 Å². The summed E-state index contributed by atoms with van der Waals surface area (Å²) < 4.78 is 11.3. The third-order valence-corrected chi connectivity index (χ3v) is 4.19. The van der Waals surface area contributed by atoms with Crippen molar-refractivity contribution in [3.63, 3.8) is 0 Å². The van der Waals surface area contributed by atoms with E-state index < -0.39 is 6.09 Å². The lowest BCUT2D eigenvalue weighted by Crippen LogP contribution is -2.38. The summed E-state index contributed by atoms with van der Waals surface area (Å²) in [6.45, 7) is 1.51. The lowest BCUT2D eigenvalue weighted by atomic mass is 9.98. The van der Waals surface area contributed by atoms with Crippen LogP contribution in [0.4, 0.5) is 10.5 Å². The Bertz CT molecular complexity index is 704. The van der Waals surface area contributed by atoms with Crippen molar-refractivity contribution in [1.82, 2.24) is 9.80 Å². The van der Waals surface area contributed by atoms with Crippen LogP contribution in [0.3, 0.4) is 0 Å². The van der Waals surface area contributed by atoms with Gasteiger partial charge in [0.05, 0.1) is 31.3 Å². The fourth-order valence-corrected chi connectivity index (χ4v) is 2.69. The van der Waals surface area contributed by atoms with E-state index in [-0.39, 0.29) is 5.92 Å². The Morgan fingerprint density at radius 3 is 2.65 bits per heavy atom. The molecule has 0 atom stereocenters. The first-order valence-corrected chi connectivity index (χ1v) is 8.38. The summed E-state index contributed by atoms with van der Waals surface area (Å²) in [4.78, 5) is 18.5. The summed E-state index contributed by atoms with van der Waals surface area (Å²) in [5, 5.41) is 18.3. The normalized spacial score (nSPS) is 14.9. The molecule has 0 radical (unpaired) electrons. The molecule has 8 nitrogen and oxygen atoms in total. The predicted molar refractivity (Wildman–Crippen MR) is 97.4 cm³/mol. The number of hydrogen-bond acceptors (Lipinski definition) is 5. The number of hydrogen-bond donors (Lipinski definition) is 1. The molecule has 1 saturated heterocycles. The maximum Gasteiger partial charge on any atom is 0.407 e. The number of carbonyl (C=O) groups is 1. The van der Waals surface area contributed by atoms with E-state index in [1.54, 1.807) is 23.4 Å². The van der Waals surface area contributed by atoms with Crippen LogP contribution in [0.25, 0.3) is 0 Å². The first-order chi connectivity index (χ1) is 12.4. The van der Waals surface area contributed by atoms with E-state index in [1.807, 2.05) is 14.1 Å². The molecular formula is C18H24N4O4. The Balaban J connectivity index is 2.09. The largest absolute Gasteiger partial charge is 0.493 e. The molecule has 1 aromatic carbocycles. The summed E-state index contributed by atoms with van der Waals surface area (Å²) in [6.07, 6.45) is 2.27. The van der Waals surface area contributed by atoms with Crippen LogP contribution in [0.5, 0.6) is 11.5 Å². The summed E-state index contributed by atoms with van der Waals surface area (Å²) >= 11 is 0. The van der Waals surface area contributed by atoms with Gasteiger partial charge in [-0.1, -0.05) is 0 Å². The third kappa shape index (κ3) is 5.02. The Morgan fingerprint density at radius 1 is 1.42 bits per heavy atom. The number of benzene rings is 1. The van der Waals surface area contributed by atoms with Crippen LogP contribution in [0, 0.1) is 17.2 Å². The zero-order chi connectivity index (χ0) is 19.1. The van der Waals surface area contributed by atoms with Crippen LogP contribution in [0.15, 0.2) is 17.1 Å². The number of nitrogens with zero attached hydrogens (tertiary/aromatic N) is 4. The maximum atomic E-state index is 11.0. The van der Waals surface area contributed by atoms with Crippen molar-refractivity contribution in [2.75, 3.05) is 40.9 Å². The fourth-order valence-electron chi connectivity index (χ4n) is 2.69. The highest BCUT2D eigenvalue weighted by Gasteiger charge is 2.23. The molecule has 0 aromatic heterocycles. The van der Waals surface area contributed by atoms with Crippen LogP contribution in [0.2, 0.25) is 0 Å². The summed E-state index contributed by atoms with van der Waals surface area (Å²) in [7, 11) is 5.22. The van der Waals surface area contributed by atoms with Crippen molar-refractivity contribution in [3.8, 4) is 17.6 Å². The second kappa shape index (κ2) is 8.94. The van der Waals surface area contributed by atoms with E-state index in [0.717, 1.165) is 12.8 Å². The number of aliphatic imine (C=N–C) groups is 1. The highest BCUT2D eigenvalue weighted by atomic mass is 16.5. The van der Waals surface area contributed by atoms with Crippen LogP contribution >= 0.6 is 0 Å². The lowest BCUT2D eigenvalue weighted by Gasteiger charge is -2.29. The Morgan fingerprint density at radius 2 is 2.12 bits per heavy atom. The molecule has 0 spiro atoms. The molecule has 26 heavy (non-hydrogen) atoms. The molecule has 1 fully saturated rings. The minimum Gasteiger partial charge on any atom is -0.493 e. The molecule has 0 unspecified atom stereocenters. The van der Waals surface area contributed by atoms with E-state index in [9.17, 15) is 10.1 Å². The maximum absolute atomic E-state index is 11.0. The molecular weight excluding hydrogens is 336 g/mol. The molecule has 1 aliphatic rings. The highest BCUT2D eigenvalue weighted by molar-refractivity contribution is 5.68. The molecule has 8 heteroatoms.